The third-order valence-electron chi connectivity index (χ3n) is 6.27. The normalized spacial score (nSPS) is 17.3. The van der Waals surface area contributed by atoms with Gasteiger partial charge in [0.1, 0.15) is 11.5 Å². The van der Waals surface area contributed by atoms with Crippen molar-refractivity contribution in [3.63, 3.8) is 0 Å². The molecule has 1 heterocycles. The van der Waals surface area contributed by atoms with Crippen LogP contribution in [0.3, 0.4) is 0 Å². The lowest BCUT2D eigenvalue weighted by atomic mass is 9.91. The summed E-state index contributed by atoms with van der Waals surface area (Å²) in [5.41, 5.74) is 4.71. The number of nitrogens with zero attached hydrogens (tertiary/aromatic N) is 1. The first-order valence-corrected chi connectivity index (χ1v) is 11.9. The summed E-state index contributed by atoms with van der Waals surface area (Å²) in [6.07, 6.45) is 0. The van der Waals surface area contributed by atoms with Gasteiger partial charge in [-0.05, 0) is 73.7 Å². The molecule has 0 radical (unpaired) electrons. The van der Waals surface area contributed by atoms with Crippen LogP contribution in [0, 0.1) is 26.7 Å². The maximum Gasteiger partial charge on any atom is 0.300 e. The number of ether oxygens (including phenoxy) is 1. The molecule has 0 bridgehead atoms. The molecule has 35 heavy (non-hydrogen) atoms. The van der Waals surface area contributed by atoms with Crippen LogP contribution in [0.25, 0.3) is 5.76 Å². The first-order chi connectivity index (χ1) is 16.7. The number of aliphatic hydroxyl groups excluding tert-OH is 1. The van der Waals surface area contributed by atoms with Gasteiger partial charge in [-0.3, -0.25) is 14.5 Å². The van der Waals surface area contributed by atoms with E-state index in [4.69, 9.17) is 4.74 Å². The number of benzene rings is 3. The van der Waals surface area contributed by atoms with Crippen LogP contribution in [-0.4, -0.2) is 23.4 Å². The Kier molecular flexibility index (Phi) is 6.79. The number of ketones is 1. The van der Waals surface area contributed by atoms with Gasteiger partial charge < -0.3 is 9.84 Å². The van der Waals surface area contributed by atoms with Crippen LogP contribution in [0.4, 0.5) is 5.69 Å². The van der Waals surface area contributed by atoms with Gasteiger partial charge in [0, 0.05) is 11.3 Å². The monoisotopic (exact) mass is 469 g/mol. The molecule has 5 heteroatoms. The summed E-state index contributed by atoms with van der Waals surface area (Å²) < 4.78 is 5.79. The number of aliphatic hydroxyl groups is 1. The second-order valence-corrected chi connectivity index (χ2v) is 9.54. The number of amides is 1. The number of hydrogen-bond acceptors (Lipinski definition) is 4. The first kappa shape index (κ1) is 24.3. The smallest absolute Gasteiger partial charge is 0.300 e. The number of hydrogen-bond donors (Lipinski definition) is 1. The highest BCUT2D eigenvalue weighted by molar-refractivity contribution is 6.51. The van der Waals surface area contributed by atoms with E-state index < -0.39 is 17.7 Å². The Morgan fingerprint density at radius 1 is 0.943 bits per heavy atom. The number of anilines is 1. The maximum atomic E-state index is 13.4. The van der Waals surface area contributed by atoms with Gasteiger partial charge in [0.25, 0.3) is 11.7 Å². The summed E-state index contributed by atoms with van der Waals surface area (Å²) in [7, 11) is 0. The molecule has 0 aliphatic carbocycles. The van der Waals surface area contributed by atoms with E-state index in [9.17, 15) is 14.7 Å². The zero-order chi connectivity index (χ0) is 25.3. The molecule has 1 amide bonds. The summed E-state index contributed by atoms with van der Waals surface area (Å²) in [4.78, 5) is 28.3. The molecule has 4 rings (SSSR count). The van der Waals surface area contributed by atoms with E-state index in [1.807, 2.05) is 63.2 Å². The molecule has 3 aromatic rings. The molecule has 5 nitrogen and oxygen atoms in total. The van der Waals surface area contributed by atoms with E-state index in [-0.39, 0.29) is 11.3 Å². The van der Waals surface area contributed by atoms with E-state index >= 15 is 0 Å². The van der Waals surface area contributed by atoms with Gasteiger partial charge in [0.05, 0.1) is 18.2 Å². The van der Waals surface area contributed by atoms with Crippen LogP contribution < -0.4 is 9.64 Å². The quantitative estimate of drug-likeness (QED) is 0.262. The van der Waals surface area contributed by atoms with Gasteiger partial charge in [-0.15, -0.1) is 0 Å². The average Bonchev–Trinajstić information content (AvgIpc) is 3.09. The van der Waals surface area contributed by atoms with Crippen LogP contribution in [0.1, 0.15) is 47.7 Å². The molecular formula is C30H31NO4. The Labute approximate surface area is 206 Å². The molecule has 1 aliphatic heterocycles. The van der Waals surface area contributed by atoms with Crippen molar-refractivity contribution in [1.29, 1.82) is 0 Å². The fourth-order valence-corrected chi connectivity index (χ4v) is 4.39. The van der Waals surface area contributed by atoms with E-state index in [0.29, 0.717) is 29.5 Å². The minimum absolute atomic E-state index is 0.0955. The molecule has 1 aliphatic rings. The van der Waals surface area contributed by atoms with Crippen molar-refractivity contribution < 1.29 is 19.4 Å². The lowest BCUT2D eigenvalue weighted by molar-refractivity contribution is -0.132. The second-order valence-electron chi connectivity index (χ2n) is 9.54. The van der Waals surface area contributed by atoms with Crippen LogP contribution in [-0.2, 0) is 9.59 Å². The third-order valence-corrected chi connectivity index (χ3v) is 6.27. The van der Waals surface area contributed by atoms with Crippen molar-refractivity contribution in [3.05, 3.63) is 100 Å². The molecular weight excluding hydrogens is 438 g/mol. The molecule has 1 saturated heterocycles. The third kappa shape index (κ3) is 4.72. The zero-order valence-electron chi connectivity index (χ0n) is 20.8. The molecule has 0 saturated carbocycles. The lowest BCUT2D eigenvalue weighted by Gasteiger charge is -2.27. The predicted molar refractivity (Wildman–Crippen MR) is 139 cm³/mol. The minimum Gasteiger partial charge on any atom is -0.507 e. The maximum absolute atomic E-state index is 13.4. The number of Topliss-reactive ketones (excluding diaryl/α,β-unsaturated/α-hetero) is 1. The van der Waals surface area contributed by atoms with Gasteiger partial charge in [-0.25, -0.2) is 0 Å². The highest BCUT2D eigenvalue weighted by atomic mass is 16.5. The Hall–Kier alpha value is -3.86. The summed E-state index contributed by atoms with van der Waals surface area (Å²) in [6.45, 7) is 10.5. The average molecular weight is 470 g/mol. The van der Waals surface area contributed by atoms with E-state index in [2.05, 4.69) is 13.8 Å². The standard InChI is InChI=1S/C30H31NO4/c1-18(2)17-35-23-14-12-22(13-15-23)31-27(24-9-7-6-8-20(24)4)26(29(33)30(31)34)28(32)25-16-19(3)10-11-21(25)5/h6-16,18,27,32H,17H2,1-5H3/b28-26+. The van der Waals surface area contributed by atoms with Crippen LogP contribution >= 0.6 is 0 Å². The molecule has 0 spiro atoms. The van der Waals surface area contributed by atoms with E-state index in [1.54, 1.807) is 24.3 Å². The summed E-state index contributed by atoms with van der Waals surface area (Å²) in [5.74, 6) is -0.435. The topological polar surface area (TPSA) is 66.8 Å². The summed E-state index contributed by atoms with van der Waals surface area (Å²) in [6, 6.07) is 19.7. The van der Waals surface area contributed by atoms with Crippen molar-refractivity contribution in [2.75, 3.05) is 11.5 Å². The highest BCUT2D eigenvalue weighted by Gasteiger charge is 2.47. The van der Waals surface area contributed by atoms with Gasteiger partial charge >= 0.3 is 0 Å². The zero-order valence-corrected chi connectivity index (χ0v) is 20.8. The Bertz CT molecular complexity index is 1300. The van der Waals surface area contributed by atoms with Gasteiger partial charge in [0.2, 0.25) is 0 Å². The SMILES string of the molecule is Cc1ccc(C)c(/C(O)=C2\C(=O)C(=O)N(c3ccc(OCC(C)C)cc3)C2c2ccccc2C)c1. The number of carbonyl (C=O) groups is 2. The van der Waals surface area contributed by atoms with Crippen LogP contribution in [0.2, 0.25) is 0 Å². The summed E-state index contributed by atoms with van der Waals surface area (Å²) >= 11 is 0. The van der Waals surface area contributed by atoms with Crippen molar-refractivity contribution in [2.24, 2.45) is 5.92 Å². The molecule has 1 atom stereocenters. The van der Waals surface area contributed by atoms with Gasteiger partial charge in [-0.1, -0.05) is 55.8 Å². The van der Waals surface area contributed by atoms with Crippen molar-refractivity contribution in [2.45, 2.75) is 40.7 Å². The molecule has 3 aromatic carbocycles. The van der Waals surface area contributed by atoms with Crippen molar-refractivity contribution in [3.8, 4) is 5.75 Å². The van der Waals surface area contributed by atoms with Gasteiger partial charge in [-0.2, -0.15) is 0 Å². The second kappa shape index (κ2) is 9.79. The highest BCUT2D eigenvalue weighted by Crippen LogP contribution is 2.43. The van der Waals surface area contributed by atoms with Gasteiger partial charge in [0.15, 0.2) is 0 Å². The number of rotatable bonds is 6. The lowest BCUT2D eigenvalue weighted by Crippen LogP contribution is -2.29. The largest absolute Gasteiger partial charge is 0.507 e. The first-order valence-electron chi connectivity index (χ1n) is 11.9. The molecule has 1 unspecified atom stereocenters. The van der Waals surface area contributed by atoms with Crippen molar-refractivity contribution in [1.82, 2.24) is 0 Å². The Morgan fingerprint density at radius 2 is 1.63 bits per heavy atom. The van der Waals surface area contributed by atoms with Crippen molar-refractivity contribution >= 4 is 23.1 Å². The van der Waals surface area contributed by atoms with Crippen LogP contribution in [0.15, 0.2) is 72.3 Å². The minimum atomic E-state index is -0.751. The molecule has 1 N–H and O–H groups in total. The van der Waals surface area contributed by atoms with Crippen LogP contribution in [0.5, 0.6) is 5.75 Å². The number of carbonyl (C=O) groups excluding carboxylic acids is 2. The van der Waals surface area contributed by atoms with E-state index in [1.165, 1.54) is 4.90 Å². The van der Waals surface area contributed by atoms with E-state index in [0.717, 1.165) is 22.3 Å². The Morgan fingerprint density at radius 3 is 2.29 bits per heavy atom. The predicted octanol–water partition coefficient (Wildman–Crippen LogP) is 6.27. The molecule has 180 valence electrons. The molecule has 1 fully saturated rings. The number of aryl methyl sites for hydroxylation is 3. The summed E-state index contributed by atoms with van der Waals surface area (Å²) in [5, 5.41) is 11.4. The molecule has 0 aromatic heterocycles. The fraction of sp³-hybridized carbons (Fsp3) is 0.267. The fourth-order valence-electron chi connectivity index (χ4n) is 4.39. The Balaban J connectivity index is 1.87.